The van der Waals surface area contributed by atoms with Gasteiger partial charge in [-0.2, -0.15) is 0 Å². The van der Waals surface area contributed by atoms with Gasteiger partial charge in [0, 0.05) is 36.0 Å². The zero-order chi connectivity index (χ0) is 18.3. The molecule has 2 aliphatic heterocycles. The summed E-state index contributed by atoms with van der Waals surface area (Å²) in [5, 5.41) is 0. The Morgan fingerprint density at radius 1 is 0.833 bits per heavy atom. The van der Waals surface area contributed by atoms with Crippen LogP contribution in [-0.4, -0.2) is 66.4 Å². The lowest BCUT2D eigenvalue weighted by atomic mass is 9.78. The van der Waals surface area contributed by atoms with Crippen LogP contribution < -0.4 is 0 Å². The molecule has 140 valence electrons. The Hall–Kier alpha value is -0.810. The predicted molar refractivity (Wildman–Crippen MR) is 96.1 cm³/mol. The largest absolute Gasteiger partial charge is 0.508 e. The molecule has 5 nitrogen and oxygen atoms in total. The number of carbonyl (C=O) groups is 1. The number of hydrogen-bond donors (Lipinski definition) is 0. The Bertz CT molecular complexity index is 424. The summed E-state index contributed by atoms with van der Waals surface area (Å²) in [6.07, 6.45) is 1.09. The van der Waals surface area contributed by atoms with Gasteiger partial charge in [-0.05, 0) is 54.6 Å². The molecule has 5 heteroatoms. The number of hydrogen-bond acceptors (Lipinski definition) is 5. The Kier molecular flexibility index (Phi) is 5.55. The molecule has 2 aliphatic rings. The maximum Gasteiger partial charge on any atom is 0.508 e. The van der Waals surface area contributed by atoms with E-state index in [-0.39, 0.29) is 35.1 Å². The number of carbonyl (C=O) groups excluding carboxylic acids is 1. The summed E-state index contributed by atoms with van der Waals surface area (Å²) >= 11 is 0. The fourth-order valence-electron chi connectivity index (χ4n) is 3.92. The fraction of sp³-hybridized carbons (Fsp3) is 0.947. The van der Waals surface area contributed by atoms with Gasteiger partial charge in [-0.25, -0.2) is 4.79 Å². The van der Waals surface area contributed by atoms with E-state index in [0.717, 1.165) is 25.9 Å². The van der Waals surface area contributed by atoms with Crippen LogP contribution in [0.25, 0.3) is 0 Å². The fourth-order valence-corrected chi connectivity index (χ4v) is 3.92. The van der Waals surface area contributed by atoms with Crippen LogP contribution in [-0.2, 0) is 9.47 Å². The molecule has 4 atom stereocenters. The van der Waals surface area contributed by atoms with Gasteiger partial charge in [0.25, 0.3) is 0 Å². The standard InChI is InChI=1S/C19H36N2O3/c1-13-15(9-11-20(7)18(13,3)4)23-17(22)24-16-10-12-21(8)19(5,6)14(16)2/h13-16H,9-12H2,1-8H3. The smallest absolute Gasteiger partial charge is 0.431 e. The molecular formula is C19H36N2O3. The summed E-state index contributed by atoms with van der Waals surface area (Å²) in [4.78, 5) is 17.1. The van der Waals surface area contributed by atoms with Gasteiger partial charge in [-0.3, -0.25) is 0 Å². The van der Waals surface area contributed by atoms with Gasteiger partial charge in [0.1, 0.15) is 12.2 Å². The van der Waals surface area contributed by atoms with E-state index >= 15 is 0 Å². The Morgan fingerprint density at radius 2 is 1.17 bits per heavy atom. The van der Waals surface area contributed by atoms with Crippen LogP contribution >= 0.6 is 0 Å². The van der Waals surface area contributed by atoms with Crippen molar-refractivity contribution >= 4 is 6.16 Å². The second-order valence-electron chi connectivity index (χ2n) is 8.87. The summed E-state index contributed by atoms with van der Waals surface area (Å²) in [5.41, 5.74) is 0.0397. The molecule has 0 aromatic carbocycles. The van der Waals surface area contributed by atoms with Crippen LogP contribution in [0.4, 0.5) is 4.79 Å². The second-order valence-corrected chi connectivity index (χ2v) is 8.87. The van der Waals surface area contributed by atoms with Crippen molar-refractivity contribution in [3.63, 3.8) is 0 Å². The van der Waals surface area contributed by atoms with Gasteiger partial charge >= 0.3 is 6.16 Å². The Balaban J connectivity index is 1.94. The summed E-state index contributed by atoms with van der Waals surface area (Å²) in [6.45, 7) is 15.0. The van der Waals surface area contributed by atoms with Crippen molar-refractivity contribution in [2.75, 3.05) is 27.2 Å². The maximum absolute atomic E-state index is 12.4. The van der Waals surface area contributed by atoms with E-state index < -0.39 is 6.16 Å². The zero-order valence-electron chi connectivity index (χ0n) is 16.8. The van der Waals surface area contributed by atoms with E-state index in [4.69, 9.17) is 9.47 Å². The molecule has 0 bridgehead atoms. The third kappa shape index (κ3) is 3.57. The normalized spacial score (nSPS) is 37.0. The van der Waals surface area contributed by atoms with Crippen LogP contribution in [0.2, 0.25) is 0 Å². The van der Waals surface area contributed by atoms with Crippen LogP contribution in [0.15, 0.2) is 0 Å². The monoisotopic (exact) mass is 340 g/mol. The molecule has 2 saturated heterocycles. The van der Waals surface area contributed by atoms with Crippen LogP contribution in [0.5, 0.6) is 0 Å². The zero-order valence-corrected chi connectivity index (χ0v) is 16.8. The average Bonchev–Trinajstić information content (AvgIpc) is 2.50. The number of rotatable bonds is 2. The molecule has 0 radical (unpaired) electrons. The minimum atomic E-state index is -0.496. The summed E-state index contributed by atoms with van der Waals surface area (Å²) in [7, 11) is 4.26. The lowest BCUT2D eigenvalue weighted by molar-refractivity contribution is -0.0997. The van der Waals surface area contributed by atoms with Gasteiger partial charge in [0.05, 0.1) is 0 Å². The van der Waals surface area contributed by atoms with Crippen molar-refractivity contribution in [2.45, 2.75) is 77.7 Å². The number of likely N-dealkylation sites (tertiary alicyclic amines) is 2. The van der Waals surface area contributed by atoms with Crippen LogP contribution in [0, 0.1) is 11.8 Å². The first kappa shape index (κ1) is 19.5. The van der Waals surface area contributed by atoms with Gasteiger partial charge in [0.2, 0.25) is 0 Å². The van der Waals surface area contributed by atoms with Crippen molar-refractivity contribution in [3.05, 3.63) is 0 Å². The second kappa shape index (κ2) is 6.83. The molecule has 0 N–H and O–H groups in total. The van der Waals surface area contributed by atoms with Gasteiger partial charge < -0.3 is 19.3 Å². The molecule has 0 aromatic rings. The molecule has 0 aromatic heterocycles. The third-order valence-electron chi connectivity index (χ3n) is 7.30. The Morgan fingerprint density at radius 3 is 1.50 bits per heavy atom. The van der Waals surface area contributed by atoms with E-state index in [1.165, 1.54) is 0 Å². The van der Waals surface area contributed by atoms with Crippen molar-refractivity contribution in [3.8, 4) is 0 Å². The molecule has 2 heterocycles. The molecule has 2 rings (SSSR count). The third-order valence-corrected chi connectivity index (χ3v) is 7.30. The highest BCUT2D eigenvalue weighted by Gasteiger charge is 2.44. The summed E-state index contributed by atoms with van der Waals surface area (Å²) in [5.74, 6) is 0.547. The molecule has 24 heavy (non-hydrogen) atoms. The van der Waals surface area contributed by atoms with Gasteiger partial charge in [0.15, 0.2) is 0 Å². The van der Waals surface area contributed by atoms with E-state index in [1.54, 1.807) is 0 Å². The first-order valence-electron chi connectivity index (χ1n) is 9.27. The highest BCUT2D eigenvalue weighted by molar-refractivity contribution is 5.60. The highest BCUT2D eigenvalue weighted by Crippen LogP contribution is 2.36. The average molecular weight is 341 g/mol. The van der Waals surface area contributed by atoms with Crippen LogP contribution in [0.1, 0.15) is 54.4 Å². The number of piperidine rings is 2. The maximum atomic E-state index is 12.4. The molecular weight excluding hydrogens is 304 g/mol. The Labute approximate surface area is 147 Å². The number of ether oxygens (including phenoxy) is 2. The number of nitrogens with zero attached hydrogens (tertiary/aromatic N) is 2. The quantitative estimate of drug-likeness (QED) is 0.721. The topological polar surface area (TPSA) is 42.0 Å². The molecule has 0 amide bonds. The predicted octanol–water partition coefficient (Wildman–Crippen LogP) is 3.38. The van der Waals surface area contributed by atoms with E-state index in [2.05, 4.69) is 65.4 Å². The highest BCUT2D eigenvalue weighted by atomic mass is 16.7. The lowest BCUT2D eigenvalue weighted by Gasteiger charge is -2.49. The SMILES string of the molecule is CC1C(OC(=O)OC2CCN(C)C(C)(C)C2C)CCN(C)C1(C)C. The first-order valence-corrected chi connectivity index (χ1v) is 9.27. The summed E-state index contributed by atoms with van der Waals surface area (Å²) in [6, 6.07) is 0. The summed E-state index contributed by atoms with van der Waals surface area (Å²) < 4.78 is 11.5. The van der Waals surface area contributed by atoms with Crippen molar-refractivity contribution < 1.29 is 14.3 Å². The van der Waals surface area contributed by atoms with Gasteiger partial charge in [-0.15, -0.1) is 0 Å². The van der Waals surface area contributed by atoms with E-state index in [9.17, 15) is 4.79 Å². The van der Waals surface area contributed by atoms with E-state index in [0.29, 0.717) is 0 Å². The molecule has 4 unspecified atom stereocenters. The van der Waals surface area contributed by atoms with Crippen LogP contribution in [0.3, 0.4) is 0 Å². The minimum Gasteiger partial charge on any atom is -0.431 e. The lowest BCUT2D eigenvalue weighted by Crippen LogP contribution is -2.57. The van der Waals surface area contributed by atoms with Crippen molar-refractivity contribution in [1.82, 2.24) is 9.80 Å². The molecule has 0 saturated carbocycles. The van der Waals surface area contributed by atoms with Crippen molar-refractivity contribution in [1.29, 1.82) is 0 Å². The van der Waals surface area contributed by atoms with E-state index in [1.807, 2.05) is 0 Å². The molecule has 0 aliphatic carbocycles. The minimum absolute atomic E-state index is 0.0199. The first-order chi connectivity index (χ1) is 11.0. The molecule has 0 spiro atoms. The van der Waals surface area contributed by atoms with Crippen molar-refractivity contribution in [2.24, 2.45) is 11.8 Å². The van der Waals surface area contributed by atoms with Gasteiger partial charge in [-0.1, -0.05) is 13.8 Å². The molecule has 2 fully saturated rings.